The van der Waals surface area contributed by atoms with Crippen LogP contribution >= 0.6 is 0 Å². The number of aryl methyl sites for hydroxylation is 1. The van der Waals surface area contributed by atoms with Gasteiger partial charge < -0.3 is 14.8 Å². The van der Waals surface area contributed by atoms with Gasteiger partial charge in [0.1, 0.15) is 5.75 Å². The Morgan fingerprint density at radius 2 is 1.82 bits per heavy atom. The number of hydrogen-bond donors (Lipinski definition) is 1. The summed E-state index contributed by atoms with van der Waals surface area (Å²) in [6, 6.07) is 16.5. The van der Waals surface area contributed by atoms with Crippen molar-refractivity contribution in [3.05, 3.63) is 76.6 Å². The van der Waals surface area contributed by atoms with Gasteiger partial charge in [-0.25, -0.2) is 4.68 Å². The monoisotopic (exact) mass is 460 g/mol. The van der Waals surface area contributed by atoms with Crippen molar-refractivity contribution in [3.8, 4) is 11.4 Å². The van der Waals surface area contributed by atoms with E-state index >= 15 is 0 Å². The summed E-state index contributed by atoms with van der Waals surface area (Å²) in [7, 11) is 1.67. The third-order valence-corrected chi connectivity index (χ3v) is 6.87. The molecule has 178 valence electrons. The second-order valence-electron chi connectivity index (χ2n) is 9.02. The third kappa shape index (κ3) is 4.58. The average molecular weight is 461 g/mol. The molecule has 3 aromatic rings. The fourth-order valence-corrected chi connectivity index (χ4v) is 4.97. The number of morpholine rings is 1. The number of hydrogen-bond acceptors (Lipinski definition) is 5. The molecule has 1 aliphatic carbocycles. The lowest BCUT2D eigenvalue weighted by Gasteiger charge is -2.35. The summed E-state index contributed by atoms with van der Waals surface area (Å²) >= 11 is 0. The van der Waals surface area contributed by atoms with E-state index < -0.39 is 0 Å². The van der Waals surface area contributed by atoms with Crippen molar-refractivity contribution in [2.24, 2.45) is 0 Å². The summed E-state index contributed by atoms with van der Waals surface area (Å²) in [5.41, 5.74) is 6.17. The summed E-state index contributed by atoms with van der Waals surface area (Å²) in [6.45, 7) is 5.67. The molecule has 0 spiro atoms. The molecule has 2 aromatic carbocycles. The number of aromatic nitrogens is 2. The molecule has 0 bridgehead atoms. The first-order valence-corrected chi connectivity index (χ1v) is 12.1. The fraction of sp³-hybridized carbons (Fsp3) is 0.407. The molecule has 1 atom stereocenters. The highest BCUT2D eigenvalue weighted by Crippen LogP contribution is 2.29. The summed E-state index contributed by atoms with van der Waals surface area (Å²) < 4.78 is 12.8. The van der Waals surface area contributed by atoms with Crippen molar-refractivity contribution in [2.75, 3.05) is 40.0 Å². The van der Waals surface area contributed by atoms with Gasteiger partial charge in [-0.15, -0.1) is 0 Å². The first kappa shape index (κ1) is 22.6. The van der Waals surface area contributed by atoms with Crippen molar-refractivity contribution in [1.29, 1.82) is 0 Å². The van der Waals surface area contributed by atoms with Crippen LogP contribution in [0.1, 0.15) is 45.3 Å². The Bertz CT molecular complexity index is 1130. The van der Waals surface area contributed by atoms with Gasteiger partial charge >= 0.3 is 0 Å². The average Bonchev–Trinajstić information content (AvgIpc) is 3.49. The second kappa shape index (κ2) is 9.99. The largest absolute Gasteiger partial charge is 0.497 e. The maximum absolute atomic E-state index is 13.4. The Morgan fingerprint density at radius 1 is 1.09 bits per heavy atom. The lowest BCUT2D eigenvalue weighted by atomic mass is 10.0. The van der Waals surface area contributed by atoms with Crippen LogP contribution in [0.15, 0.2) is 48.5 Å². The molecule has 0 saturated carbocycles. The van der Waals surface area contributed by atoms with E-state index in [-0.39, 0.29) is 11.9 Å². The summed E-state index contributed by atoms with van der Waals surface area (Å²) in [5.74, 6) is 0.724. The maximum Gasteiger partial charge on any atom is 0.272 e. The zero-order chi connectivity index (χ0) is 23.5. The van der Waals surface area contributed by atoms with Crippen molar-refractivity contribution < 1.29 is 14.3 Å². The first-order chi connectivity index (χ1) is 16.6. The van der Waals surface area contributed by atoms with Crippen molar-refractivity contribution in [1.82, 2.24) is 20.0 Å². The number of fused-ring (bicyclic) bond motifs is 1. The van der Waals surface area contributed by atoms with E-state index in [1.807, 2.05) is 16.8 Å². The maximum atomic E-state index is 13.4. The molecule has 7 heteroatoms. The molecule has 1 fully saturated rings. The molecule has 34 heavy (non-hydrogen) atoms. The molecule has 1 saturated heterocycles. The number of ether oxygens (including phenoxy) is 2. The van der Waals surface area contributed by atoms with Crippen LogP contribution in [0.2, 0.25) is 0 Å². The smallest absolute Gasteiger partial charge is 0.272 e. The van der Waals surface area contributed by atoms with Gasteiger partial charge in [-0.05, 0) is 56.0 Å². The highest BCUT2D eigenvalue weighted by molar-refractivity contribution is 5.94. The highest BCUT2D eigenvalue weighted by Gasteiger charge is 2.28. The molecular weight excluding hydrogens is 428 g/mol. The van der Waals surface area contributed by atoms with Crippen molar-refractivity contribution in [3.63, 3.8) is 0 Å². The zero-order valence-electron chi connectivity index (χ0n) is 19.9. The topological polar surface area (TPSA) is 68.6 Å². The quantitative estimate of drug-likeness (QED) is 0.585. The molecular formula is C27H32N4O3. The van der Waals surface area contributed by atoms with Gasteiger partial charge in [-0.1, -0.05) is 29.8 Å². The minimum atomic E-state index is -0.101. The summed E-state index contributed by atoms with van der Waals surface area (Å²) in [5, 5.41) is 7.97. The van der Waals surface area contributed by atoms with Crippen molar-refractivity contribution >= 4 is 5.91 Å². The molecule has 5 rings (SSSR count). The number of nitrogens with zero attached hydrogens (tertiary/aromatic N) is 3. The zero-order valence-corrected chi connectivity index (χ0v) is 19.9. The predicted molar refractivity (Wildman–Crippen MR) is 131 cm³/mol. The van der Waals surface area contributed by atoms with Crippen LogP contribution in [-0.4, -0.2) is 60.5 Å². The number of carbonyl (C=O) groups excluding carboxylic acids is 1. The lowest BCUT2D eigenvalue weighted by molar-refractivity contribution is 0.0162. The minimum absolute atomic E-state index is 0.0611. The Labute approximate surface area is 200 Å². The molecule has 1 aromatic heterocycles. The van der Waals surface area contributed by atoms with Crippen LogP contribution in [0.3, 0.4) is 0 Å². The fourth-order valence-electron chi connectivity index (χ4n) is 4.97. The Hall–Kier alpha value is -3.16. The van der Waals surface area contributed by atoms with Crippen LogP contribution < -0.4 is 10.1 Å². The number of rotatable bonds is 7. The SMILES string of the molecule is COc1ccc(C(CNC(=O)c2nn(-c3ccc(C)cc3)c3c2CCC3)N2CCOCC2)cc1. The Balaban J connectivity index is 1.37. The molecule has 2 heterocycles. The molecule has 1 amide bonds. The van der Waals surface area contributed by atoms with Gasteiger partial charge in [0.15, 0.2) is 5.69 Å². The van der Waals surface area contributed by atoms with E-state index in [0.29, 0.717) is 25.5 Å². The van der Waals surface area contributed by atoms with E-state index in [4.69, 9.17) is 14.6 Å². The number of benzene rings is 2. The standard InChI is InChI=1S/C27H32N4O3/c1-19-6-10-21(11-7-19)31-24-5-3-4-23(24)26(29-31)27(32)28-18-25(30-14-16-34-17-15-30)20-8-12-22(33-2)13-9-20/h6-13,25H,3-5,14-18H2,1-2H3,(H,28,32). The van der Waals surface area contributed by atoms with Gasteiger partial charge in [-0.3, -0.25) is 9.69 Å². The molecule has 1 aliphatic heterocycles. The van der Waals surface area contributed by atoms with Gasteiger partial charge in [-0.2, -0.15) is 5.10 Å². The van der Waals surface area contributed by atoms with Gasteiger partial charge in [0.05, 0.1) is 32.1 Å². The van der Waals surface area contributed by atoms with E-state index in [2.05, 4.69) is 53.5 Å². The van der Waals surface area contributed by atoms with Gasteiger partial charge in [0.25, 0.3) is 5.91 Å². The summed E-state index contributed by atoms with van der Waals surface area (Å²) in [4.78, 5) is 15.7. The molecule has 1 unspecified atom stereocenters. The van der Waals surface area contributed by atoms with Crippen LogP contribution in [-0.2, 0) is 17.6 Å². The van der Waals surface area contributed by atoms with E-state index in [1.54, 1.807) is 7.11 Å². The van der Waals surface area contributed by atoms with Gasteiger partial charge in [0, 0.05) is 30.9 Å². The van der Waals surface area contributed by atoms with Crippen LogP contribution in [0.25, 0.3) is 5.69 Å². The number of nitrogens with one attached hydrogen (secondary N) is 1. The number of carbonyl (C=O) groups is 1. The van der Waals surface area contributed by atoms with Crippen molar-refractivity contribution in [2.45, 2.75) is 32.2 Å². The van der Waals surface area contributed by atoms with E-state index in [0.717, 1.165) is 60.6 Å². The molecule has 1 N–H and O–H groups in total. The van der Waals surface area contributed by atoms with Crippen LogP contribution in [0, 0.1) is 6.92 Å². The number of amides is 1. The molecule has 0 radical (unpaired) electrons. The Kier molecular flexibility index (Phi) is 6.65. The minimum Gasteiger partial charge on any atom is -0.497 e. The van der Waals surface area contributed by atoms with Gasteiger partial charge in [0.2, 0.25) is 0 Å². The summed E-state index contributed by atoms with van der Waals surface area (Å²) in [6.07, 6.45) is 2.91. The third-order valence-electron chi connectivity index (χ3n) is 6.87. The lowest BCUT2D eigenvalue weighted by Crippen LogP contribution is -2.44. The predicted octanol–water partition coefficient (Wildman–Crippen LogP) is 3.48. The molecule has 7 nitrogen and oxygen atoms in total. The normalized spacial score (nSPS) is 16.8. The Morgan fingerprint density at radius 3 is 2.53 bits per heavy atom. The van der Waals surface area contributed by atoms with Crippen LogP contribution in [0.4, 0.5) is 0 Å². The van der Waals surface area contributed by atoms with E-state index in [9.17, 15) is 4.79 Å². The second-order valence-corrected chi connectivity index (χ2v) is 9.02. The highest BCUT2D eigenvalue weighted by atomic mass is 16.5. The molecule has 2 aliphatic rings. The van der Waals surface area contributed by atoms with E-state index in [1.165, 1.54) is 5.56 Å². The first-order valence-electron chi connectivity index (χ1n) is 12.1. The van der Waals surface area contributed by atoms with Crippen LogP contribution in [0.5, 0.6) is 5.75 Å². The number of methoxy groups -OCH3 is 1.